The molecule has 0 aliphatic heterocycles. The van der Waals surface area contributed by atoms with Crippen molar-refractivity contribution in [1.82, 2.24) is 14.3 Å². The maximum Gasteiger partial charge on any atom is 0.345 e. The summed E-state index contributed by atoms with van der Waals surface area (Å²) in [5.74, 6) is 0.463. The Kier molecular flexibility index (Phi) is 3.85. The van der Waals surface area contributed by atoms with E-state index in [2.05, 4.69) is 18.9 Å². The molecular formula is C14H19N3O2. The Labute approximate surface area is 112 Å². The van der Waals surface area contributed by atoms with Crippen LogP contribution in [0.4, 0.5) is 0 Å². The average molecular weight is 261 g/mol. The number of benzene rings is 1. The van der Waals surface area contributed by atoms with Gasteiger partial charge in [-0.2, -0.15) is 5.10 Å². The SMILES string of the molecule is CC(C)c1ccc(C(O)Cn2ncn(C)c2=O)cc1. The first-order valence-electron chi connectivity index (χ1n) is 6.35. The van der Waals surface area contributed by atoms with Crippen LogP contribution in [0.15, 0.2) is 35.4 Å². The van der Waals surface area contributed by atoms with Gasteiger partial charge in [0.1, 0.15) is 6.33 Å². The van der Waals surface area contributed by atoms with Gasteiger partial charge in [0.05, 0.1) is 12.6 Å². The molecule has 102 valence electrons. The molecule has 0 radical (unpaired) electrons. The van der Waals surface area contributed by atoms with E-state index in [4.69, 9.17) is 0 Å². The summed E-state index contributed by atoms with van der Waals surface area (Å²) in [5, 5.41) is 14.1. The number of rotatable bonds is 4. The van der Waals surface area contributed by atoms with Gasteiger partial charge in [-0.05, 0) is 17.0 Å². The predicted octanol–water partition coefficient (Wildman–Crippen LogP) is 1.44. The highest BCUT2D eigenvalue weighted by Gasteiger charge is 2.12. The fourth-order valence-corrected chi connectivity index (χ4v) is 1.92. The van der Waals surface area contributed by atoms with E-state index in [1.165, 1.54) is 21.1 Å². The van der Waals surface area contributed by atoms with E-state index in [-0.39, 0.29) is 12.2 Å². The van der Waals surface area contributed by atoms with Gasteiger partial charge in [-0.15, -0.1) is 0 Å². The number of aliphatic hydroxyl groups excluding tert-OH is 1. The van der Waals surface area contributed by atoms with Gasteiger partial charge in [0.25, 0.3) is 0 Å². The van der Waals surface area contributed by atoms with Crippen LogP contribution in [0.25, 0.3) is 0 Å². The molecule has 1 atom stereocenters. The van der Waals surface area contributed by atoms with E-state index < -0.39 is 6.10 Å². The highest BCUT2D eigenvalue weighted by molar-refractivity contribution is 5.25. The topological polar surface area (TPSA) is 60.0 Å². The number of aromatic nitrogens is 3. The van der Waals surface area contributed by atoms with Crippen LogP contribution in [0.2, 0.25) is 0 Å². The largest absolute Gasteiger partial charge is 0.386 e. The molecule has 5 nitrogen and oxygen atoms in total. The fourth-order valence-electron chi connectivity index (χ4n) is 1.92. The summed E-state index contributed by atoms with van der Waals surface area (Å²) in [6.07, 6.45) is 0.713. The van der Waals surface area contributed by atoms with Gasteiger partial charge < -0.3 is 5.11 Å². The van der Waals surface area contributed by atoms with E-state index in [1.54, 1.807) is 7.05 Å². The maximum atomic E-state index is 11.6. The molecule has 2 aromatic rings. The fraction of sp³-hybridized carbons (Fsp3) is 0.429. The highest BCUT2D eigenvalue weighted by Crippen LogP contribution is 2.19. The molecule has 0 bridgehead atoms. The molecular weight excluding hydrogens is 242 g/mol. The second-order valence-corrected chi connectivity index (χ2v) is 5.04. The molecule has 0 saturated heterocycles. The lowest BCUT2D eigenvalue weighted by Crippen LogP contribution is -2.25. The molecule has 1 unspecified atom stereocenters. The molecule has 0 spiro atoms. The third kappa shape index (κ3) is 2.93. The summed E-state index contributed by atoms with van der Waals surface area (Å²) in [5.41, 5.74) is 1.80. The lowest BCUT2D eigenvalue weighted by molar-refractivity contribution is 0.149. The van der Waals surface area contributed by atoms with E-state index >= 15 is 0 Å². The van der Waals surface area contributed by atoms with Crippen LogP contribution in [0.3, 0.4) is 0 Å². The van der Waals surface area contributed by atoms with Crippen LogP contribution in [0.1, 0.15) is 37.0 Å². The smallest absolute Gasteiger partial charge is 0.345 e. The van der Waals surface area contributed by atoms with Crippen molar-refractivity contribution >= 4 is 0 Å². The molecule has 2 rings (SSSR count). The summed E-state index contributed by atoms with van der Waals surface area (Å²) >= 11 is 0. The van der Waals surface area contributed by atoms with Crippen molar-refractivity contribution in [3.8, 4) is 0 Å². The highest BCUT2D eigenvalue weighted by atomic mass is 16.3. The Balaban J connectivity index is 2.13. The van der Waals surface area contributed by atoms with Crippen molar-refractivity contribution < 1.29 is 5.11 Å². The molecule has 0 aliphatic carbocycles. The third-order valence-electron chi connectivity index (χ3n) is 3.22. The Morgan fingerprint density at radius 2 is 1.79 bits per heavy atom. The summed E-state index contributed by atoms with van der Waals surface area (Å²) in [6.45, 7) is 4.42. The van der Waals surface area contributed by atoms with Gasteiger partial charge in [0.2, 0.25) is 0 Å². The van der Waals surface area contributed by atoms with E-state index in [0.29, 0.717) is 5.92 Å². The number of nitrogens with zero attached hydrogens (tertiary/aromatic N) is 3. The number of hydrogen-bond acceptors (Lipinski definition) is 3. The average Bonchev–Trinajstić information content (AvgIpc) is 2.71. The Hall–Kier alpha value is -1.88. The molecule has 19 heavy (non-hydrogen) atoms. The van der Waals surface area contributed by atoms with Gasteiger partial charge in [-0.25, -0.2) is 9.48 Å². The Bertz CT molecular complexity index is 596. The summed E-state index contributed by atoms with van der Waals surface area (Å²) in [6, 6.07) is 7.80. The number of aliphatic hydroxyl groups is 1. The van der Waals surface area contributed by atoms with Gasteiger partial charge >= 0.3 is 5.69 Å². The summed E-state index contributed by atoms with van der Waals surface area (Å²) < 4.78 is 2.65. The lowest BCUT2D eigenvalue weighted by atomic mass is 10.00. The van der Waals surface area contributed by atoms with Crippen LogP contribution in [-0.2, 0) is 13.6 Å². The number of hydrogen-bond donors (Lipinski definition) is 1. The van der Waals surface area contributed by atoms with Crippen LogP contribution in [-0.4, -0.2) is 19.5 Å². The quantitative estimate of drug-likeness (QED) is 0.906. The lowest BCUT2D eigenvalue weighted by Gasteiger charge is -2.12. The minimum atomic E-state index is -0.728. The first-order valence-corrected chi connectivity index (χ1v) is 6.35. The van der Waals surface area contributed by atoms with Gasteiger partial charge in [0.15, 0.2) is 0 Å². The van der Waals surface area contributed by atoms with Gasteiger partial charge in [0, 0.05) is 7.05 Å². The first kappa shape index (κ1) is 13.5. The van der Waals surface area contributed by atoms with Crippen LogP contribution in [0.5, 0.6) is 0 Å². The van der Waals surface area contributed by atoms with Crippen molar-refractivity contribution in [2.24, 2.45) is 7.05 Å². The minimum Gasteiger partial charge on any atom is -0.386 e. The number of aryl methyl sites for hydroxylation is 1. The second kappa shape index (κ2) is 5.40. The monoisotopic (exact) mass is 261 g/mol. The zero-order chi connectivity index (χ0) is 14.0. The minimum absolute atomic E-state index is 0.167. The van der Waals surface area contributed by atoms with Crippen molar-refractivity contribution in [3.63, 3.8) is 0 Å². The molecule has 1 aromatic heterocycles. The van der Waals surface area contributed by atoms with Crippen molar-refractivity contribution in [3.05, 3.63) is 52.2 Å². The van der Waals surface area contributed by atoms with Crippen LogP contribution in [0, 0.1) is 0 Å². The molecule has 1 N–H and O–H groups in total. The zero-order valence-electron chi connectivity index (χ0n) is 11.4. The van der Waals surface area contributed by atoms with E-state index in [1.807, 2.05) is 24.3 Å². The Morgan fingerprint density at radius 1 is 1.21 bits per heavy atom. The normalized spacial score (nSPS) is 12.9. The van der Waals surface area contributed by atoms with Crippen molar-refractivity contribution in [2.75, 3.05) is 0 Å². The molecule has 0 saturated carbocycles. The second-order valence-electron chi connectivity index (χ2n) is 5.04. The first-order chi connectivity index (χ1) is 8.99. The summed E-state index contributed by atoms with van der Waals surface area (Å²) in [4.78, 5) is 11.6. The third-order valence-corrected chi connectivity index (χ3v) is 3.22. The van der Waals surface area contributed by atoms with Crippen molar-refractivity contribution in [1.29, 1.82) is 0 Å². The molecule has 0 amide bonds. The molecule has 5 heteroatoms. The van der Waals surface area contributed by atoms with Crippen LogP contribution < -0.4 is 5.69 Å². The zero-order valence-corrected chi connectivity index (χ0v) is 11.4. The maximum absolute atomic E-state index is 11.6. The van der Waals surface area contributed by atoms with E-state index in [9.17, 15) is 9.90 Å². The van der Waals surface area contributed by atoms with Gasteiger partial charge in [-0.1, -0.05) is 38.1 Å². The molecule has 1 aromatic carbocycles. The molecule has 1 heterocycles. The summed E-state index contributed by atoms with van der Waals surface area (Å²) in [7, 11) is 1.63. The van der Waals surface area contributed by atoms with E-state index in [0.717, 1.165) is 5.56 Å². The standard InChI is InChI=1S/C14H19N3O2/c1-10(2)11-4-6-12(7-5-11)13(18)8-17-14(19)16(3)9-15-17/h4-7,9-10,13,18H,8H2,1-3H3. The molecule has 0 fully saturated rings. The van der Waals surface area contributed by atoms with Crippen molar-refractivity contribution in [2.45, 2.75) is 32.4 Å². The van der Waals surface area contributed by atoms with Gasteiger partial charge in [-0.3, -0.25) is 4.57 Å². The predicted molar refractivity (Wildman–Crippen MR) is 73.0 cm³/mol. The molecule has 0 aliphatic rings. The van der Waals surface area contributed by atoms with Crippen LogP contribution >= 0.6 is 0 Å². The Morgan fingerprint density at radius 3 is 2.26 bits per heavy atom.